The summed E-state index contributed by atoms with van der Waals surface area (Å²) in [7, 11) is 0. The van der Waals surface area contributed by atoms with Gasteiger partial charge in [0.1, 0.15) is 0 Å². The van der Waals surface area contributed by atoms with Gasteiger partial charge in [-0.05, 0) is 31.5 Å². The molecular formula is C17H25N3O2. The number of benzene rings is 1. The molecule has 2 amide bonds. The predicted octanol–water partition coefficient (Wildman–Crippen LogP) is 1.87. The molecule has 5 heteroatoms. The molecule has 0 bridgehead atoms. The van der Waals surface area contributed by atoms with Gasteiger partial charge >= 0.3 is 6.03 Å². The monoisotopic (exact) mass is 303 g/mol. The van der Waals surface area contributed by atoms with Crippen molar-refractivity contribution < 1.29 is 9.53 Å². The number of hydrogen-bond donors (Lipinski definition) is 1. The highest BCUT2D eigenvalue weighted by Crippen LogP contribution is 2.18. The number of carbonyl (C=O) groups is 1. The second-order valence-corrected chi connectivity index (χ2v) is 6.02. The Kier molecular flexibility index (Phi) is 5.29. The van der Waals surface area contributed by atoms with Crippen molar-refractivity contribution in [3.05, 3.63) is 35.9 Å². The van der Waals surface area contributed by atoms with Gasteiger partial charge in [-0.2, -0.15) is 0 Å². The van der Waals surface area contributed by atoms with Crippen LogP contribution in [0, 0.1) is 0 Å². The second kappa shape index (κ2) is 7.61. The van der Waals surface area contributed by atoms with Gasteiger partial charge in [-0.15, -0.1) is 0 Å². The molecule has 1 atom stereocenters. The van der Waals surface area contributed by atoms with E-state index in [-0.39, 0.29) is 12.1 Å². The molecule has 1 aromatic rings. The average molecular weight is 303 g/mol. The number of nitrogens with zero attached hydrogens (tertiary/aromatic N) is 2. The molecule has 1 N–H and O–H groups in total. The minimum atomic E-state index is 0.0244. The van der Waals surface area contributed by atoms with Crippen LogP contribution in [-0.4, -0.2) is 61.8 Å². The molecule has 120 valence electrons. The molecule has 2 saturated heterocycles. The number of morpholine rings is 1. The Morgan fingerprint density at radius 3 is 2.45 bits per heavy atom. The van der Waals surface area contributed by atoms with Crippen LogP contribution in [-0.2, 0) is 4.74 Å². The van der Waals surface area contributed by atoms with Crippen molar-refractivity contribution in [3.63, 3.8) is 0 Å². The van der Waals surface area contributed by atoms with Gasteiger partial charge in [0.05, 0.1) is 19.3 Å². The number of ether oxygens (including phenoxy) is 1. The topological polar surface area (TPSA) is 44.8 Å². The Morgan fingerprint density at radius 1 is 1.09 bits per heavy atom. The van der Waals surface area contributed by atoms with Crippen LogP contribution in [0.2, 0.25) is 0 Å². The summed E-state index contributed by atoms with van der Waals surface area (Å²) in [5.41, 5.74) is 1.18. The van der Waals surface area contributed by atoms with Gasteiger partial charge in [-0.1, -0.05) is 30.3 Å². The van der Waals surface area contributed by atoms with Gasteiger partial charge < -0.3 is 19.9 Å². The van der Waals surface area contributed by atoms with Crippen molar-refractivity contribution in [1.82, 2.24) is 15.1 Å². The maximum Gasteiger partial charge on any atom is 0.318 e. The van der Waals surface area contributed by atoms with Crippen molar-refractivity contribution in [3.8, 4) is 0 Å². The lowest BCUT2D eigenvalue weighted by Gasteiger charge is -2.31. The molecule has 2 aliphatic rings. The Labute approximate surface area is 132 Å². The molecule has 2 heterocycles. The summed E-state index contributed by atoms with van der Waals surface area (Å²) in [6.45, 7) is 5.78. The fourth-order valence-electron chi connectivity index (χ4n) is 3.15. The number of carbonyl (C=O) groups excluding carboxylic acids is 1. The molecule has 0 spiro atoms. The zero-order valence-corrected chi connectivity index (χ0v) is 13.0. The van der Waals surface area contributed by atoms with Crippen molar-refractivity contribution in [2.75, 3.05) is 45.9 Å². The predicted molar refractivity (Wildman–Crippen MR) is 85.8 cm³/mol. The number of amides is 2. The lowest BCUT2D eigenvalue weighted by atomic mass is 10.1. The van der Waals surface area contributed by atoms with Gasteiger partial charge in [0.2, 0.25) is 0 Å². The maximum atomic E-state index is 12.5. The molecule has 3 rings (SSSR count). The van der Waals surface area contributed by atoms with E-state index >= 15 is 0 Å². The van der Waals surface area contributed by atoms with E-state index in [2.05, 4.69) is 22.3 Å². The van der Waals surface area contributed by atoms with E-state index in [0.29, 0.717) is 26.3 Å². The second-order valence-electron chi connectivity index (χ2n) is 6.02. The van der Waals surface area contributed by atoms with Crippen LogP contribution < -0.4 is 5.32 Å². The smallest absolute Gasteiger partial charge is 0.318 e. The quantitative estimate of drug-likeness (QED) is 0.923. The van der Waals surface area contributed by atoms with Crippen molar-refractivity contribution >= 4 is 6.03 Å². The van der Waals surface area contributed by atoms with Crippen LogP contribution in [0.5, 0.6) is 0 Å². The minimum Gasteiger partial charge on any atom is -0.378 e. The fraction of sp³-hybridized carbons (Fsp3) is 0.588. The number of rotatable bonds is 4. The first-order valence-corrected chi connectivity index (χ1v) is 8.23. The van der Waals surface area contributed by atoms with E-state index in [1.807, 2.05) is 23.1 Å². The standard InChI is InChI=1S/C17H25N3O2/c21-17(20-10-12-22-13-11-20)18-16(14-19-8-4-5-9-19)15-6-2-1-3-7-15/h1-3,6-7,16H,4-5,8-14H2,(H,18,21)/t16-/m0/s1. The van der Waals surface area contributed by atoms with Crippen LogP contribution in [0.4, 0.5) is 4.79 Å². The zero-order valence-electron chi connectivity index (χ0n) is 13.0. The summed E-state index contributed by atoms with van der Waals surface area (Å²) in [4.78, 5) is 16.8. The number of nitrogens with one attached hydrogen (secondary N) is 1. The molecular weight excluding hydrogens is 278 g/mol. The highest BCUT2D eigenvalue weighted by atomic mass is 16.5. The van der Waals surface area contributed by atoms with E-state index in [9.17, 15) is 4.79 Å². The third-order valence-electron chi connectivity index (χ3n) is 4.44. The van der Waals surface area contributed by atoms with Gasteiger partial charge in [-0.25, -0.2) is 4.79 Å². The number of urea groups is 1. The van der Waals surface area contributed by atoms with E-state index in [1.165, 1.54) is 18.4 Å². The summed E-state index contributed by atoms with van der Waals surface area (Å²) >= 11 is 0. The summed E-state index contributed by atoms with van der Waals surface area (Å²) < 4.78 is 5.32. The van der Waals surface area contributed by atoms with Crippen LogP contribution >= 0.6 is 0 Å². The van der Waals surface area contributed by atoms with Gasteiger partial charge in [0, 0.05) is 19.6 Å². The van der Waals surface area contributed by atoms with Crippen LogP contribution in [0.1, 0.15) is 24.4 Å². The Morgan fingerprint density at radius 2 is 1.77 bits per heavy atom. The fourth-order valence-corrected chi connectivity index (χ4v) is 3.15. The lowest BCUT2D eigenvalue weighted by molar-refractivity contribution is 0.0521. The highest BCUT2D eigenvalue weighted by molar-refractivity contribution is 5.74. The number of likely N-dealkylation sites (tertiary alicyclic amines) is 1. The minimum absolute atomic E-state index is 0.0244. The van der Waals surface area contributed by atoms with Gasteiger partial charge in [0.15, 0.2) is 0 Å². The Hall–Kier alpha value is -1.59. The Balaban J connectivity index is 1.65. The molecule has 2 fully saturated rings. The van der Waals surface area contributed by atoms with Crippen molar-refractivity contribution in [2.24, 2.45) is 0 Å². The van der Waals surface area contributed by atoms with E-state index in [0.717, 1.165) is 19.6 Å². The third-order valence-corrected chi connectivity index (χ3v) is 4.44. The van der Waals surface area contributed by atoms with Gasteiger partial charge in [-0.3, -0.25) is 0 Å². The average Bonchev–Trinajstić information content (AvgIpc) is 3.09. The van der Waals surface area contributed by atoms with Crippen LogP contribution in [0.15, 0.2) is 30.3 Å². The summed E-state index contributed by atoms with van der Waals surface area (Å²) in [5.74, 6) is 0. The normalized spacial score (nSPS) is 20.8. The highest BCUT2D eigenvalue weighted by Gasteiger charge is 2.23. The maximum absolute atomic E-state index is 12.5. The van der Waals surface area contributed by atoms with Gasteiger partial charge in [0.25, 0.3) is 0 Å². The molecule has 0 aliphatic carbocycles. The number of hydrogen-bond acceptors (Lipinski definition) is 3. The van der Waals surface area contributed by atoms with Crippen molar-refractivity contribution in [2.45, 2.75) is 18.9 Å². The molecule has 5 nitrogen and oxygen atoms in total. The molecule has 22 heavy (non-hydrogen) atoms. The summed E-state index contributed by atoms with van der Waals surface area (Å²) in [6.07, 6.45) is 2.53. The Bertz CT molecular complexity index is 468. The molecule has 0 radical (unpaired) electrons. The third kappa shape index (κ3) is 3.99. The summed E-state index contributed by atoms with van der Waals surface area (Å²) in [5, 5.41) is 3.22. The zero-order chi connectivity index (χ0) is 15.2. The first-order chi connectivity index (χ1) is 10.8. The summed E-state index contributed by atoms with van der Waals surface area (Å²) in [6, 6.07) is 10.4. The largest absolute Gasteiger partial charge is 0.378 e. The molecule has 1 aromatic carbocycles. The van der Waals surface area contributed by atoms with E-state index < -0.39 is 0 Å². The van der Waals surface area contributed by atoms with E-state index in [1.54, 1.807) is 0 Å². The SMILES string of the molecule is O=C(N[C@@H](CN1CCCC1)c1ccccc1)N1CCOCC1. The molecule has 0 saturated carbocycles. The van der Waals surface area contributed by atoms with Crippen LogP contribution in [0.25, 0.3) is 0 Å². The molecule has 0 aromatic heterocycles. The molecule has 0 unspecified atom stereocenters. The molecule has 2 aliphatic heterocycles. The van der Waals surface area contributed by atoms with Crippen LogP contribution in [0.3, 0.4) is 0 Å². The van der Waals surface area contributed by atoms with Crippen molar-refractivity contribution in [1.29, 1.82) is 0 Å². The van der Waals surface area contributed by atoms with E-state index in [4.69, 9.17) is 4.74 Å². The first kappa shape index (κ1) is 15.3. The lowest BCUT2D eigenvalue weighted by Crippen LogP contribution is -2.48. The first-order valence-electron chi connectivity index (χ1n) is 8.23.